The summed E-state index contributed by atoms with van der Waals surface area (Å²) < 4.78 is 0. The van der Waals surface area contributed by atoms with Crippen LogP contribution in [0.25, 0.3) is 0 Å². The fourth-order valence-corrected chi connectivity index (χ4v) is 4.26. The second-order valence-corrected chi connectivity index (χ2v) is 6.90. The molecule has 114 valence electrons. The zero-order valence-corrected chi connectivity index (χ0v) is 12.7. The predicted molar refractivity (Wildman–Crippen MR) is 80.5 cm³/mol. The van der Waals surface area contributed by atoms with Gasteiger partial charge < -0.3 is 15.5 Å². The largest absolute Gasteiger partial charge is 0.354 e. The molecule has 1 amide bonds. The molecule has 2 heterocycles. The Morgan fingerprint density at radius 3 is 2.90 bits per heavy atom. The van der Waals surface area contributed by atoms with Crippen molar-refractivity contribution >= 4 is 5.91 Å². The van der Waals surface area contributed by atoms with Gasteiger partial charge >= 0.3 is 0 Å². The van der Waals surface area contributed by atoms with Crippen LogP contribution < -0.4 is 10.6 Å². The summed E-state index contributed by atoms with van der Waals surface area (Å²) >= 11 is 0. The molecule has 20 heavy (non-hydrogen) atoms. The molecule has 4 atom stereocenters. The first kappa shape index (κ1) is 14.3. The molecule has 0 radical (unpaired) electrons. The number of carbonyl (C=O) groups is 1. The molecule has 2 N–H and O–H groups in total. The smallest absolute Gasteiger partial charge is 0.237 e. The van der Waals surface area contributed by atoms with Crippen molar-refractivity contribution in [2.45, 2.75) is 57.5 Å². The highest BCUT2D eigenvalue weighted by Gasteiger charge is 2.38. The Bertz CT molecular complexity index is 333. The minimum absolute atomic E-state index is 0.0757. The number of fused-ring (bicyclic) bond motifs is 1. The van der Waals surface area contributed by atoms with E-state index in [1.807, 2.05) is 0 Å². The van der Waals surface area contributed by atoms with Crippen LogP contribution in [-0.4, -0.2) is 49.1 Å². The summed E-state index contributed by atoms with van der Waals surface area (Å²) in [5, 5.41) is 6.76. The fourth-order valence-electron chi connectivity index (χ4n) is 4.26. The van der Waals surface area contributed by atoms with E-state index in [0.717, 1.165) is 32.0 Å². The van der Waals surface area contributed by atoms with Crippen molar-refractivity contribution in [2.75, 3.05) is 26.2 Å². The number of nitrogens with one attached hydrogen (secondary N) is 2. The van der Waals surface area contributed by atoms with E-state index in [2.05, 4.69) is 22.5 Å². The Kier molecular flexibility index (Phi) is 4.61. The number of carbonyl (C=O) groups excluding carboxylic acids is 1. The topological polar surface area (TPSA) is 44.4 Å². The fraction of sp³-hybridized carbons (Fsp3) is 0.938. The number of likely N-dealkylation sites (tertiary alicyclic amines) is 1. The van der Waals surface area contributed by atoms with Crippen LogP contribution >= 0.6 is 0 Å². The Hall–Kier alpha value is -0.610. The van der Waals surface area contributed by atoms with E-state index in [-0.39, 0.29) is 11.9 Å². The van der Waals surface area contributed by atoms with Gasteiger partial charge in [-0.25, -0.2) is 0 Å². The Balaban J connectivity index is 1.41. The van der Waals surface area contributed by atoms with E-state index in [1.165, 1.54) is 38.6 Å². The predicted octanol–water partition coefficient (Wildman–Crippen LogP) is 1.37. The van der Waals surface area contributed by atoms with E-state index in [4.69, 9.17) is 0 Å². The SMILES string of the molecule is CCN1CCC(CNC(=O)C2CC3CCCCC3N2)C1. The van der Waals surface area contributed by atoms with Crippen LogP contribution in [0.1, 0.15) is 45.4 Å². The molecule has 0 aromatic rings. The molecule has 3 aliphatic rings. The van der Waals surface area contributed by atoms with Crippen molar-refractivity contribution in [3.63, 3.8) is 0 Å². The van der Waals surface area contributed by atoms with Gasteiger partial charge in [-0.05, 0) is 50.6 Å². The molecule has 4 heteroatoms. The second kappa shape index (κ2) is 6.44. The first-order valence-electron chi connectivity index (χ1n) is 8.52. The van der Waals surface area contributed by atoms with Gasteiger partial charge in [0.15, 0.2) is 0 Å². The van der Waals surface area contributed by atoms with Gasteiger partial charge in [-0.3, -0.25) is 4.79 Å². The minimum atomic E-state index is 0.0757. The molecule has 1 aliphatic carbocycles. The van der Waals surface area contributed by atoms with Crippen molar-refractivity contribution in [1.82, 2.24) is 15.5 Å². The number of hydrogen-bond acceptors (Lipinski definition) is 3. The van der Waals surface area contributed by atoms with Gasteiger partial charge in [0.2, 0.25) is 5.91 Å². The molecule has 3 fully saturated rings. The minimum Gasteiger partial charge on any atom is -0.354 e. The number of rotatable bonds is 4. The van der Waals surface area contributed by atoms with Crippen molar-refractivity contribution in [3.05, 3.63) is 0 Å². The Morgan fingerprint density at radius 1 is 1.30 bits per heavy atom. The Morgan fingerprint density at radius 2 is 2.15 bits per heavy atom. The normalized spacial score (nSPS) is 37.9. The molecule has 2 saturated heterocycles. The number of hydrogen-bond donors (Lipinski definition) is 2. The lowest BCUT2D eigenvalue weighted by atomic mass is 9.85. The van der Waals surface area contributed by atoms with E-state index in [0.29, 0.717) is 12.0 Å². The average Bonchev–Trinajstić information content (AvgIpc) is 3.10. The third-order valence-corrected chi connectivity index (χ3v) is 5.56. The van der Waals surface area contributed by atoms with E-state index in [9.17, 15) is 4.79 Å². The molecule has 4 nitrogen and oxygen atoms in total. The lowest BCUT2D eigenvalue weighted by Crippen LogP contribution is -2.44. The Labute approximate surface area is 122 Å². The van der Waals surface area contributed by atoms with Crippen molar-refractivity contribution in [1.29, 1.82) is 0 Å². The van der Waals surface area contributed by atoms with Crippen molar-refractivity contribution in [2.24, 2.45) is 11.8 Å². The highest BCUT2D eigenvalue weighted by atomic mass is 16.2. The third-order valence-electron chi connectivity index (χ3n) is 5.56. The lowest BCUT2D eigenvalue weighted by Gasteiger charge is -2.24. The van der Waals surface area contributed by atoms with Crippen LogP contribution in [0, 0.1) is 11.8 Å². The summed E-state index contributed by atoms with van der Waals surface area (Å²) in [6, 6.07) is 0.688. The molecular formula is C16H29N3O. The molecule has 0 aromatic heterocycles. The highest BCUT2D eigenvalue weighted by molar-refractivity contribution is 5.82. The first-order chi connectivity index (χ1) is 9.76. The molecule has 0 aromatic carbocycles. The van der Waals surface area contributed by atoms with Crippen molar-refractivity contribution in [3.8, 4) is 0 Å². The maximum Gasteiger partial charge on any atom is 0.237 e. The first-order valence-corrected chi connectivity index (χ1v) is 8.52. The highest BCUT2D eigenvalue weighted by Crippen LogP contribution is 2.33. The quantitative estimate of drug-likeness (QED) is 0.817. The van der Waals surface area contributed by atoms with Crippen molar-refractivity contribution < 1.29 is 4.79 Å². The van der Waals surface area contributed by atoms with Crippen LogP contribution in [0.5, 0.6) is 0 Å². The van der Waals surface area contributed by atoms with Crippen LogP contribution in [0.15, 0.2) is 0 Å². The molecule has 4 unspecified atom stereocenters. The summed E-state index contributed by atoms with van der Waals surface area (Å²) in [7, 11) is 0. The second-order valence-electron chi connectivity index (χ2n) is 6.90. The molecule has 0 bridgehead atoms. The van der Waals surface area contributed by atoms with Gasteiger partial charge in [0.05, 0.1) is 6.04 Å². The lowest BCUT2D eigenvalue weighted by molar-refractivity contribution is -0.123. The third kappa shape index (κ3) is 3.17. The summed E-state index contributed by atoms with van der Waals surface area (Å²) in [5.41, 5.74) is 0. The summed E-state index contributed by atoms with van der Waals surface area (Å²) in [6.45, 7) is 6.56. The number of nitrogens with zero attached hydrogens (tertiary/aromatic N) is 1. The van der Waals surface area contributed by atoms with Crippen LogP contribution in [0.3, 0.4) is 0 Å². The molecule has 3 rings (SSSR count). The van der Waals surface area contributed by atoms with E-state index >= 15 is 0 Å². The van der Waals surface area contributed by atoms with E-state index < -0.39 is 0 Å². The van der Waals surface area contributed by atoms with Gasteiger partial charge in [-0.15, -0.1) is 0 Å². The molecule has 2 aliphatic heterocycles. The van der Waals surface area contributed by atoms with Crippen LogP contribution in [-0.2, 0) is 4.79 Å². The average molecular weight is 279 g/mol. The standard InChI is InChI=1S/C16H29N3O/c1-2-19-8-7-12(11-19)10-17-16(20)15-9-13-5-3-4-6-14(13)18-15/h12-15,18H,2-11H2,1H3,(H,17,20). The van der Waals surface area contributed by atoms with E-state index in [1.54, 1.807) is 0 Å². The van der Waals surface area contributed by atoms with Gasteiger partial charge in [0.25, 0.3) is 0 Å². The maximum atomic E-state index is 12.3. The number of amides is 1. The molecule has 0 spiro atoms. The van der Waals surface area contributed by atoms with Crippen LogP contribution in [0.4, 0.5) is 0 Å². The van der Waals surface area contributed by atoms with Gasteiger partial charge in [-0.1, -0.05) is 19.8 Å². The monoisotopic (exact) mass is 279 g/mol. The maximum absolute atomic E-state index is 12.3. The van der Waals surface area contributed by atoms with Gasteiger partial charge in [0, 0.05) is 19.1 Å². The van der Waals surface area contributed by atoms with Gasteiger partial charge in [-0.2, -0.15) is 0 Å². The summed E-state index contributed by atoms with van der Waals surface area (Å²) in [5.74, 6) is 1.65. The molecule has 1 saturated carbocycles. The van der Waals surface area contributed by atoms with Gasteiger partial charge in [0.1, 0.15) is 0 Å². The summed E-state index contributed by atoms with van der Waals surface area (Å²) in [4.78, 5) is 14.8. The summed E-state index contributed by atoms with van der Waals surface area (Å²) in [6.07, 6.45) is 7.56. The molecular weight excluding hydrogens is 250 g/mol. The zero-order chi connectivity index (χ0) is 13.9. The van der Waals surface area contributed by atoms with Crippen LogP contribution in [0.2, 0.25) is 0 Å². The zero-order valence-electron chi connectivity index (χ0n) is 12.7.